The molecule has 20 heavy (non-hydrogen) atoms. The van der Waals surface area contributed by atoms with Gasteiger partial charge >= 0.3 is 0 Å². The summed E-state index contributed by atoms with van der Waals surface area (Å²) < 4.78 is 3.08. The number of hydrogen-bond acceptors (Lipinski definition) is 3. The molecule has 0 aliphatic rings. The smallest absolute Gasteiger partial charge is 0.0679 e. The van der Waals surface area contributed by atoms with Crippen LogP contribution < -0.4 is 5.32 Å². The van der Waals surface area contributed by atoms with Crippen LogP contribution in [-0.2, 0) is 13.1 Å². The Morgan fingerprint density at radius 3 is 2.90 bits per heavy atom. The van der Waals surface area contributed by atoms with Gasteiger partial charge in [0.15, 0.2) is 0 Å². The molecule has 0 radical (unpaired) electrons. The van der Waals surface area contributed by atoms with Gasteiger partial charge in [0.1, 0.15) is 0 Å². The van der Waals surface area contributed by atoms with Gasteiger partial charge in [0.2, 0.25) is 0 Å². The first kappa shape index (κ1) is 13.4. The quantitative estimate of drug-likeness (QED) is 0.742. The molecule has 2 aromatic heterocycles. The van der Waals surface area contributed by atoms with Crippen molar-refractivity contribution in [2.24, 2.45) is 0 Å². The summed E-state index contributed by atoms with van der Waals surface area (Å²) in [4.78, 5) is 1.31. The zero-order valence-corrected chi connectivity index (χ0v) is 13.2. The van der Waals surface area contributed by atoms with Crippen LogP contribution in [0.5, 0.6) is 0 Å². The second-order valence-corrected chi connectivity index (χ2v) is 6.36. The summed E-state index contributed by atoms with van der Waals surface area (Å²) in [6, 6.07) is 12.5. The summed E-state index contributed by atoms with van der Waals surface area (Å²) >= 11 is 5.24. The van der Waals surface area contributed by atoms with Gasteiger partial charge in [0, 0.05) is 39.4 Å². The molecule has 1 N–H and O–H groups in total. The molecule has 0 unspecified atom stereocenters. The molecule has 3 aromatic rings. The summed E-state index contributed by atoms with van der Waals surface area (Å²) in [5.41, 5.74) is 2.40. The predicted molar refractivity (Wildman–Crippen MR) is 87.1 cm³/mol. The molecule has 1 aromatic carbocycles. The third-order valence-corrected chi connectivity index (χ3v) is 4.68. The van der Waals surface area contributed by atoms with E-state index < -0.39 is 0 Å². The van der Waals surface area contributed by atoms with E-state index in [0.29, 0.717) is 0 Å². The number of anilines is 1. The van der Waals surface area contributed by atoms with Gasteiger partial charge in [-0.05, 0) is 39.7 Å². The Kier molecular flexibility index (Phi) is 4.18. The number of benzene rings is 1. The predicted octanol–water partition coefficient (Wildman–Crippen LogP) is 4.37. The van der Waals surface area contributed by atoms with Crippen LogP contribution in [-0.4, -0.2) is 9.78 Å². The fourth-order valence-electron chi connectivity index (χ4n) is 2.03. The molecule has 0 atom stereocenters. The van der Waals surface area contributed by atoms with Gasteiger partial charge in [-0.3, -0.25) is 4.68 Å². The van der Waals surface area contributed by atoms with Crippen LogP contribution in [0.1, 0.15) is 10.4 Å². The van der Waals surface area contributed by atoms with Gasteiger partial charge in [-0.1, -0.05) is 18.2 Å². The zero-order chi connectivity index (χ0) is 13.8. The van der Waals surface area contributed by atoms with Crippen molar-refractivity contribution in [3.63, 3.8) is 0 Å². The highest BCUT2D eigenvalue weighted by molar-refractivity contribution is 9.10. The first-order chi connectivity index (χ1) is 9.81. The van der Waals surface area contributed by atoms with E-state index in [1.54, 1.807) is 17.5 Å². The van der Waals surface area contributed by atoms with Crippen molar-refractivity contribution in [1.29, 1.82) is 0 Å². The van der Waals surface area contributed by atoms with E-state index in [4.69, 9.17) is 0 Å². The summed E-state index contributed by atoms with van der Waals surface area (Å²) in [7, 11) is 0. The van der Waals surface area contributed by atoms with Crippen molar-refractivity contribution in [3.8, 4) is 0 Å². The Balaban J connectivity index is 1.72. The van der Waals surface area contributed by atoms with E-state index in [1.807, 2.05) is 16.9 Å². The molecule has 3 nitrogen and oxygen atoms in total. The Labute approximate surface area is 130 Å². The average Bonchev–Trinajstić information content (AvgIpc) is 3.10. The molecule has 0 saturated heterocycles. The average molecular weight is 348 g/mol. The maximum absolute atomic E-state index is 4.26. The largest absolute Gasteiger partial charge is 0.380 e. The van der Waals surface area contributed by atoms with Crippen LogP contribution in [0.3, 0.4) is 0 Å². The lowest BCUT2D eigenvalue weighted by Gasteiger charge is -2.11. The monoisotopic (exact) mass is 347 g/mol. The number of nitrogens with zero attached hydrogens (tertiary/aromatic N) is 2. The molecule has 0 spiro atoms. The van der Waals surface area contributed by atoms with Gasteiger partial charge < -0.3 is 5.32 Å². The van der Waals surface area contributed by atoms with Crippen LogP contribution in [0.2, 0.25) is 0 Å². The summed E-state index contributed by atoms with van der Waals surface area (Å²) in [6.45, 7) is 1.62. The topological polar surface area (TPSA) is 29.9 Å². The number of para-hydroxylation sites is 1. The first-order valence-corrected chi connectivity index (χ1v) is 8.00. The highest BCUT2D eigenvalue weighted by atomic mass is 79.9. The van der Waals surface area contributed by atoms with Crippen LogP contribution in [0.25, 0.3) is 0 Å². The molecule has 3 rings (SSSR count). The molecule has 102 valence electrons. The molecular formula is C15H14BrN3S. The van der Waals surface area contributed by atoms with E-state index in [0.717, 1.165) is 23.2 Å². The highest BCUT2D eigenvalue weighted by Crippen LogP contribution is 2.22. The highest BCUT2D eigenvalue weighted by Gasteiger charge is 2.04. The van der Waals surface area contributed by atoms with Crippen molar-refractivity contribution >= 4 is 33.0 Å². The number of rotatable bonds is 5. The second-order valence-electron chi connectivity index (χ2n) is 4.45. The molecule has 0 fully saturated rings. The number of halogens is 1. The van der Waals surface area contributed by atoms with Crippen LogP contribution in [0, 0.1) is 0 Å². The molecular weight excluding hydrogens is 334 g/mol. The Morgan fingerprint density at radius 1 is 1.25 bits per heavy atom. The SMILES string of the molecule is Brc1csc(CNc2ccccc2Cn2cccn2)c1. The first-order valence-electron chi connectivity index (χ1n) is 6.33. The minimum Gasteiger partial charge on any atom is -0.380 e. The molecule has 5 heteroatoms. The van der Waals surface area contributed by atoms with Crippen LogP contribution in [0.15, 0.2) is 58.6 Å². The van der Waals surface area contributed by atoms with Crippen molar-refractivity contribution in [2.75, 3.05) is 5.32 Å². The molecule has 0 aliphatic carbocycles. The van der Waals surface area contributed by atoms with Gasteiger partial charge in [0.05, 0.1) is 6.54 Å². The van der Waals surface area contributed by atoms with Gasteiger partial charge in [0.25, 0.3) is 0 Å². The fraction of sp³-hybridized carbons (Fsp3) is 0.133. The van der Waals surface area contributed by atoms with Crippen LogP contribution in [0.4, 0.5) is 5.69 Å². The fourth-order valence-corrected chi connectivity index (χ4v) is 3.42. The van der Waals surface area contributed by atoms with Gasteiger partial charge in [-0.15, -0.1) is 11.3 Å². The minimum atomic E-state index is 0.782. The second kappa shape index (κ2) is 6.24. The molecule has 0 amide bonds. The van der Waals surface area contributed by atoms with Crippen molar-refractivity contribution in [2.45, 2.75) is 13.1 Å². The zero-order valence-electron chi connectivity index (χ0n) is 10.8. The molecule has 0 bridgehead atoms. The van der Waals surface area contributed by atoms with Crippen LogP contribution >= 0.6 is 27.3 Å². The van der Waals surface area contributed by atoms with E-state index in [2.05, 4.69) is 62.1 Å². The lowest BCUT2D eigenvalue weighted by molar-refractivity contribution is 0.687. The van der Waals surface area contributed by atoms with E-state index in [-0.39, 0.29) is 0 Å². The van der Waals surface area contributed by atoms with E-state index >= 15 is 0 Å². The van der Waals surface area contributed by atoms with Gasteiger partial charge in [-0.2, -0.15) is 5.10 Å². The number of aromatic nitrogens is 2. The third-order valence-electron chi connectivity index (χ3n) is 2.98. The number of nitrogens with one attached hydrogen (secondary N) is 1. The van der Waals surface area contributed by atoms with Crippen molar-refractivity contribution in [1.82, 2.24) is 9.78 Å². The number of thiophene rings is 1. The third kappa shape index (κ3) is 3.29. The molecule has 0 saturated carbocycles. The Hall–Kier alpha value is -1.59. The standard InChI is InChI=1S/C15H14BrN3S/c16-13-8-14(20-11-13)9-17-15-5-2-1-4-12(15)10-19-7-3-6-18-19/h1-8,11,17H,9-10H2. The minimum absolute atomic E-state index is 0.782. The summed E-state index contributed by atoms with van der Waals surface area (Å²) in [5.74, 6) is 0. The summed E-state index contributed by atoms with van der Waals surface area (Å²) in [6.07, 6.45) is 3.78. The lowest BCUT2D eigenvalue weighted by Crippen LogP contribution is -2.05. The van der Waals surface area contributed by atoms with E-state index in [1.165, 1.54) is 10.4 Å². The summed E-state index contributed by atoms with van der Waals surface area (Å²) in [5, 5.41) is 9.87. The number of hydrogen-bond donors (Lipinski definition) is 1. The van der Waals surface area contributed by atoms with Crippen molar-refractivity contribution < 1.29 is 0 Å². The molecule has 2 heterocycles. The Bertz CT molecular complexity index is 676. The maximum Gasteiger partial charge on any atom is 0.0679 e. The van der Waals surface area contributed by atoms with Gasteiger partial charge in [-0.25, -0.2) is 0 Å². The Morgan fingerprint density at radius 2 is 2.15 bits per heavy atom. The normalized spacial score (nSPS) is 10.7. The molecule has 0 aliphatic heterocycles. The maximum atomic E-state index is 4.26. The van der Waals surface area contributed by atoms with E-state index in [9.17, 15) is 0 Å². The van der Waals surface area contributed by atoms with Crippen molar-refractivity contribution in [3.05, 3.63) is 69.1 Å². The lowest BCUT2D eigenvalue weighted by atomic mass is 10.1.